The Morgan fingerprint density at radius 3 is 2.67 bits per heavy atom. The predicted molar refractivity (Wildman–Crippen MR) is 54.3 cm³/mol. The molecule has 15 heavy (non-hydrogen) atoms. The number of esters is 1. The van der Waals surface area contributed by atoms with E-state index in [2.05, 4.69) is 9.72 Å². The normalized spacial score (nSPS) is 9.73. The summed E-state index contributed by atoms with van der Waals surface area (Å²) >= 11 is 0. The monoisotopic (exact) mass is 207 g/mol. The highest BCUT2D eigenvalue weighted by Gasteiger charge is 2.13. The van der Waals surface area contributed by atoms with Gasteiger partial charge in [0.25, 0.3) is 0 Å². The van der Waals surface area contributed by atoms with Crippen LogP contribution >= 0.6 is 0 Å². The van der Waals surface area contributed by atoms with E-state index in [1.54, 1.807) is 6.20 Å². The van der Waals surface area contributed by atoms with Crippen LogP contribution in [0.25, 0.3) is 0 Å². The van der Waals surface area contributed by atoms with Crippen LogP contribution in [0.3, 0.4) is 0 Å². The van der Waals surface area contributed by atoms with Crippen LogP contribution in [0.2, 0.25) is 0 Å². The van der Waals surface area contributed by atoms with Gasteiger partial charge < -0.3 is 4.74 Å². The molecule has 0 aliphatic heterocycles. The number of ketones is 1. The number of ether oxygens (including phenoxy) is 1. The number of rotatable bonds is 4. The van der Waals surface area contributed by atoms with Crippen LogP contribution in [0.1, 0.15) is 17.7 Å². The maximum absolute atomic E-state index is 11.1. The Hall–Kier alpha value is -1.71. The maximum Gasteiger partial charge on any atom is 0.374 e. The largest absolute Gasteiger partial charge is 0.463 e. The molecule has 0 bridgehead atoms. The van der Waals surface area contributed by atoms with E-state index >= 15 is 0 Å². The number of hydrogen-bond acceptors (Lipinski definition) is 4. The van der Waals surface area contributed by atoms with Crippen molar-refractivity contribution in [3.05, 3.63) is 29.6 Å². The van der Waals surface area contributed by atoms with Gasteiger partial charge in [0.15, 0.2) is 0 Å². The quantitative estimate of drug-likeness (QED) is 0.547. The van der Waals surface area contributed by atoms with E-state index in [0.717, 1.165) is 11.3 Å². The van der Waals surface area contributed by atoms with E-state index in [-0.39, 0.29) is 6.42 Å². The van der Waals surface area contributed by atoms with Crippen molar-refractivity contribution in [1.29, 1.82) is 0 Å². The van der Waals surface area contributed by atoms with E-state index in [4.69, 9.17) is 0 Å². The Balaban J connectivity index is 2.47. The zero-order valence-electron chi connectivity index (χ0n) is 8.82. The van der Waals surface area contributed by atoms with Crippen LogP contribution in [0.15, 0.2) is 18.3 Å². The second kappa shape index (κ2) is 5.24. The first kappa shape index (κ1) is 11.4. The van der Waals surface area contributed by atoms with Crippen molar-refractivity contribution in [2.24, 2.45) is 0 Å². The molecule has 0 aliphatic carbocycles. The Kier molecular flexibility index (Phi) is 3.97. The van der Waals surface area contributed by atoms with Gasteiger partial charge in [-0.2, -0.15) is 0 Å². The topological polar surface area (TPSA) is 56.3 Å². The number of methoxy groups -OCH3 is 1. The van der Waals surface area contributed by atoms with Crippen molar-refractivity contribution >= 4 is 11.8 Å². The summed E-state index contributed by atoms with van der Waals surface area (Å²) in [5.41, 5.74) is 1.87. The average molecular weight is 207 g/mol. The van der Waals surface area contributed by atoms with Gasteiger partial charge >= 0.3 is 5.97 Å². The van der Waals surface area contributed by atoms with Gasteiger partial charge in [-0.15, -0.1) is 0 Å². The first-order valence-electron chi connectivity index (χ1n) is 4.66. The van der Waals surface area contributed by atoms with Gasteiger partial charge in [-0.3, -0.25) is 9.78 Å². The SMILES string of the molecule is COC(=O)C(=O)CCc1ccc(C)nc1. The van der Waals surface area contributed by atoms with Crippen LogP contribution in [-0.2, 0) is 20.7 Å². The van der Waals surface area contributed by atoms with Crippen molar-refractivity contribution in [3.63, 3.8) is 0 Å². The van der Waals surface area contributed by atoms with Gasteiger partial charge in [0, 0.05) is 18.3 Å². The third kappa shape index (κ3) is 3.50. The molecule has 1 heterocycles. The molecule has 0 aliphatic rings. The number of pyridine rings is 1. The minimum atomic E-state index is -0.782. The molecule has 0 radical (unpaired) electrons. The molecule has 0 saturated heterocycles. The number of aromatic nitrogens is 1. The van der Waals surface area contributed by atoms with Gasteiger partial charge in [-0.05, 0) is 25.0 Å². The van der Waals surface area contributed by atoms with Gasteiger partial charge in [0.2, 0.25) is 5.78 Å². The third-order valence-electron chi connectivity index (χ3n) is 2.03. The highest BCUT2D eigenvalue weighted by atomic mass is 16.5. The van der Waals surface area contributed by atoms with E-state index in [9.17, 15) is 9.59 Å². The standard InChI is InChI=1S/C11H13NO3/c1-8-3-4-9(7-12-8)5-6-10(13)11(14)15-2/h3-4,7H,5-6H2,1-2H3. The van der Waals surface area contributed by atoms with Crippen LogP contribution < -0.4 is 0 Å². The number of hydrogen-bond donors (Lipinski definition) is 0. The molecule has 1 aromatic heterocycles. The molecule has 0 fully saturated rings. The van der Waals surface area contributed by atoms with E-state index < -0.39 is 11.8 Å². The van der Waals surface area contributed by atoms with Crippen LogP contribution in [0.4, 0.5) is 0 Å². The minimum absolute atomic E-state index is 0.164. The first-order valence-corrected chi connectivity index (χ1v) is 4.66. The Bertz CT molecular complexity index is 357. The number of carbonyl (C=O) groups is 2. The lowest BCUT2D eigenvalue weighted by Crippen LogP contribution is -2.15. The summed E-state index contributed by atoms with van der Waals surface area (Å²) in [6.45, 7) is 1.89. The van der Waals surface area contributed by atoms with Gasteiger partial charge in [-0.1, -0.05) is 6.07 Å². The van der Waals surface area contributed by atoms with Gasteiger partial charge in [0.1, 0.15) is 0 Å². The summed E-state index contributed by atoms with van der Waals surface area (Å²) in [6.07, 6.45) is 2.39. The minimum Gasteiger partial charge on any atom is -0.463 e. The molecule has 0 saturated carbocycles. The zero-order valence-corrected chi connectivity index (χ0v) is 8.82. The Labute approximate surface area is 88.3 Å². The third-order valence-corrected chi connectivity index (χ3v) is 2.03. The summed E-state index contributed by atoms with van der Waals surface area (Å²) in [6, 6.07) is 3.77. The molecule has 0 aromatic carbocycles. The highest BCUT2D eigenvalue weighted by molar-refractivity contribution is 6.33. The smallest absolute Gasteiger partial charge is 0.374 e. The van der Waals surface area contributed by atoms with E-state index in [1.165, 1.54) is 7.11 Å². The molecule has 0 atom stereocenters. The molecule has 4 heteroatoms. The molecule has 0 amide bonds. The Morgan fingerprint density at radius 1 is 1.40 bits per heavy atom. The summed E-state index contributed by atoms with van der Waals surface area (Å²) in [4.78, 5) is 26.0. The molecule has 0 unspecified atom stereocenters. The highest BCUT2D eigenvalue weighted by Crippen LogP contribution is 2.03. The fraction of sp³-hybridized carbons (Fsp3) is 0.364. The maximum atomic E-state index is 11.1. The van der Waals surface area contributed by atoms with Crippen molar-refractivity contribution in [3.8, 4) is 0 Å². The summed E-state index contributed by atoms with van der Waals surface area (Å²) < 4.78 is 4.32. The number of aryl methyl sites for hydroxylation is 2. The fourth-order valence-electron chi connectivity index (χ4n) is 1.12. The van der Waals surface area contributed by atoms with Crippen molar-refractivity contribution in [1.82, 2.24) is 4.98 Å². The second-order valence-electron chi connectivity index (χ2n) is 3.22. The van der Waals surface area contributed by atoms with E-state index in [0.29, 0.717) is 6.42 Å². The zero-order chi connectivity index (χ0) is 11.3. The second-order valence-corrected chi connectivity index (χ2v) is 3.22. The van der Waals surface area contributed by atoms with Crippen LogP contribution in [0.5, 0.6) is 0 Å². The molecule has 0 spiro atoms. The summed E-state index contributed by atoms with van der Waals surface area (Å²) in [5, 5.41) is 0. The molecule has 1 rings (SSSR count). The molecular weight excluding hydrogens is 194 g/mol. The predicted octanol–water partition coefficient (Wildman–Crippen LogP) is 1.06. The molecule has 4 nitrogen and oxygen atoms in total. The average Bonchev–Trinajstić information content (AvgIpc) is 2.26. The summed E-state index contributed by atoms with van der Waals surface area (Å²) in [5.74, 6) is -1.28. The lowest BCUT2D eigenvalue weighted by Gasteiger charge is -2.00. The van der Waals surface area contributed by atoms with Crippen LogP contribution in [-0.4, -0.2) is 23.8 Å². The lowest BCUT2D eigenvalue weighted by molar-refractivity contribution is -0.151. The number of Topliss-reactive ketones (excluding diaryl/α,β-unsaturated/α-hetero) is 1. The fourth-order valence-corrected chi connectivity index (χ4v) is 1.12. The van der Waals surface area contributed by atoms with Crippen molar-refractivity contribution < 1.29 is 14.3 Å². The molecular formula is C11H13NO3. The van der Waals surface area contributed by atoms with Crippen molar-refractivity contribution in [2.75, 3.05) is 7.11 Å². The number of nitrogens with zero attached hydrogens (tertiary/aromatic N) is 1. The van der Waals surface area contributed by atoms with E-state index in [1.807, 2.05) is 19.1 Å². The summed E-state index contributed by atoms with van der Waals surface area (Å²) in [7, 11) is 1.20. The molecule has 80 valence electrons. The van der Waals surface area contributed by atoms with Gasteiger partial charge in [0.05, 0.1) is 7.11 Å². The van der Waals surface area contributed by atoms with Crippen molar-refractivity contribution in [2.45, 2.75) is 19.8 Å². The Morgan fingerprint density at radius 2 is 2.13 bits per heavy atom. The van der Waals surface area contributed by atoms with Crippen LogP contribution in [0, 0.1) is 6.92 Å². The lowest BCUT2D eigenvalue weighted by atomic mass is 10.1. The molecule has 0 N–H and O–H groups in total. The van der Waals surface area contributed by atoms with Gasteiger partial charge in [-0.25, -0.2) is 4.79 Å². The number of carbonyl (C=O) groups excluding carboxylic acids is 2. The molecule has 1 aromatic rings. The first-order chi connectivity index (χ1) is 7.13.